The molecule has 3 rings (SSSR count). The second-order valence-electron chi connectivity index (χ2n) is 6.02. The van der Waals surface area contributed by atoms with Crippen LogP contribution in [-0.2, 0) is 6.54 Å². The monoisotopic (exact) mass is 367 g/mol. The Balaban J connectivity index is 1.70. The Bertz CT molecular complexity index is 863. The molecule has 0 bridgehead atoms. The van der Waals surface area contributed by atoms with E-state index in [1.807, 2.05) is 55.3 Å². The van der Waals surface area contributed by atoms with Crippen molar-refractivity contribution >= 4 is 23.4 Å². The first-order valence-electron chi connectivity index (χ1n) is 8.28. The van der Waals surface area contributed by atoms with Crippen LogP contribution in [0.2, 0.25) is 0 Å². The van der Waals surface area contributed by atoms with Crippen LogP contribution in [0, 0.1) is 0 Å². The van der Waals surface area contributed by atoms with E-state index in [0.717, 1.165) is 18.0 Å². The Morgan fingerprint density at radius 3 is 2.77 bits per heavy atom. The minimum atomic E-state index is -0.191. The molecule has 0 aliphatic heterocycles. The topological polar surface area (TPSA) is 63.0 Å². The summed E-state index contributed by atoms with van der Waals surface area (Å²) >= 11 is 1.47. The summed E-state index contributed by atoms with van der Waals surface area (Å²) in [5.41, 5.74) is 1.22. The SMILES string of the molecule is CN(C)CCn1cc(NC(=O)c2cccnc2Sc2ccccc2)cn1. The van der Waals surface area contributed by atoms with Crippen molar-refractivity contribution in [1.82, 2.24) is 19.7 Å². The predicted molar refractivity (Wildman–Crippen MR) is 104 cm³/mol. The van der Waals surface area contributed by atoms with Gasteiger partial charge in [0.05, 0.1) is 24.0 Å². The summed E-state index contributed by atoms with van der Waals surface area (Å²) in [6, 6.07) is 13.4. The highest BCUT2D eigenvalue weighted by Gasteiger charge is 2.14. The second kappa shape index (κ2) is 8.64. The van der Waals surface area contributed by atoms with Gasteiger partial charge in [0.15, 0.2) is 0 Å². The van der Waals surface area contributed by atoms with Gasteiger partial charge in [0.1, 0.15) is 5.03 Å². The van der Waals surface area contributed by atoms with E-state index >= 15 is 0 Å². The molecule has 134 valence electrons. The van der Waals surface area contributed by atoms with Gasteiger partial charge in [-0.2, -0.15) is 5.10 Å². The first kappa shape index (κ1) is 18.2. The summed E-state index contributed by atoms with van der Waals surface area (Å²) in [6.45, 7) is 1.65. The number of anilines is 1. The number of rotatable bonds is 7. The molecule has 6 nitrogen and oxygen atoms in total. The molecule has 7 heteroatoms. The summed E-state index contributed by atoms with van der Waals surface area (Å²) in [6.07, 6.45) is 5.19. The molecule has 0 radical (unpaired) electrons. The first-order valence-corrected chi connectivity index (χ1v) is 9.10. The van der Waals surface area contributed by atoms with E-state index in [1.165, 1.54) is 11.8 Å². The average molecular weight is 367 g/mol. The number of pyridine rings is 1. The van der Waals surface area contributed by atoms with Gasteiger partial charge in [0.2, 0.25) is 0 Å². The maximum Gasteiger partial charge on any atom is 0.258 e. The van der Waals surface area contributed by atoms with Crippen molar-refractivity contribution in [3.8, 4) is 0 Å². The highest BCUT2D eigenvalue weighted by Crippen LogP contribution is 2.28. The Kier molecular flexibility index (Phi) is 6.04. The number of carbonyl (C=O) groups excluding carboxylic acids is 1. The lowest BCUT2D eigenvalue weighted by Gasteiger charge is -2.09. The summed E-state index contributed by atoms with van der Waals surface area (Å²) in [5, 5.41) is 7.86. The molecule has 26 heavy (non-hydrogen) atoms. The van der Waals surface area contributed by atoms with Crippen molar-refractivity contribution in [3.05, 3.63) is 66.6 Å². The fourth-order valence-electron chi connectivity index (χ4n) is 2.30. The Hall–Kier alpha value is -2.64. The number of aromatic nitrogens is 3. The third kappa shape index (κ3) is 4.93. The smallest absolute Gasteiger partial charge is 0.258 e. The predicted octanol–water partition coefficient (Wildman–Crippen LogP) is 3.24. The number of hydrogen-bond acceptors (Lipinski definition) is 5. The first-order chi connectivity index (χ1) is 12.6. The van der Waals surface area contributed by atoms with Crippen molar-refractivity contribution in [2.24, 2.45) is 0 Å². The molecule has 0 saturated heterocycles. The lowest BCUT2D eigenvalue weighted by Crippen LogP contribution is -2.18. The van der Waals surface area contributed by atoms with E-state index in [2.05, 4.69) is 20.3 Å². The minimum absolute atomic E-state index is 0.191. The minimum Gasteiger partial charge on any atom is -0.319 e. The molecule has 0 unspecified atom stereocenters. The molecular formula is C19H21N5OS. The number of amides is 1. The molecule has 3 aromatic rings. The Morgan fingerprint density at radius 2 is 2.00 bits per heavy atom. The van der Waals surface area contributed by atoms with Gasteiger partial charge in [-0.3, -0.25) is 9.48 Å². The van der Waals surface area contributed by atoms with Crippen LogP contribution in [0.5, 0.6) is 0 Å². The van der Waals surface area contributed by atoms with E-state index < -0.39 is 0 Å². The van der Waals surface area contributed by atoms with Gasteiger partial charge in [-0.1, -0.05) is 30.0 Å². The highest BCUT2D eigenvalue weighted by atomic mass is 32.2. The number of likely N-dealkylation sites (N-methyl/N-ethyl adjacent to an activating group) is 1. The molecule has 0 saturated carbocycles. The largest absolute Gasteiger partial charge is 0.319 e. The van der Waals surface area contributed by atoms with E-state index in [-0.39, 0.29) is 5.91 Å². The third-order valence-electron chi connectivity index (χ3n) is 3.64. The number of nitrogens with zero attached hydrogens (tertiary/aromatic N) is 4. The van der Waals surface area contributed by atoms with E-state index in [9.17, 15) is 4.79 Å². The molecule has 0 spiro atoms. The fourth-order valence-corrected chi connectivity index (χ4v) is 3.20. The summed E-state index contributed by atoms with van der Waals surface area (Å²) in [5.74, 6) is -0.191. The molecule has 0 aliphatic carbocycles. The quantitative estimate of drug-likeness (QED) is 0.695. The molecule has 2 aromatic heterocycles. The molecule has 0 fully saturated rings. The molecule has 1 aromatic carbocycles. The van der Waals surface area contributed by atoms with Crippen molar-refractivity contribution < 1.29 is 4.79 Å². The molecule has 1 amide bonds. The lowest BCUT2D eigenvalue weighted by atomic mass is 10.2. The van der Waals surface area contributed by atoms with Gasteiger partial charge in [0.25, 0.3) is 5.91 Å². The maximum absolute atomic E-state index is 12.7. The average Bonchev–Trinajstić information content (AvgIpc) is 3.08. The number of nitrogens with one attached hydrogen (secondary N) is 1. The summed E-state index contributed by atoms with van der Waals surface area (Å²) in [4.78, 5) is 20.2. The highest BCUT2D eigenvalue weighted by molar-refractivity contribution is 7.99. The van der Waals surface area contributed by atoms with Gasteiger partial charge >= 0.3 is 0 Å². The zero-order valence-corrected chi connectivity index (χ0v) is 15.6. The van der Waals surface area contributed by atoms with Crippen LogP contribution in [0.25, 0.3) is 0 Å². The zero-order valence-electron chi connectivity index (χ0n) is 14.8. The van der Waals surface area contributed by atoms with Crippen LogP contribution in [-0.4, -0.2) is 46.2 Å². The van der Waals surface area contributed by atoms with Crippen LogP contribution >= 0.6 is 11.8 Å². The Labute approximate surface area is 157 Å². The van der Waals surface area contributed by atoms with E-state index in [1.54, 1.807) is 24.5 Å². The molecular weight excluding hydrogens is 346 g/mol. The maximum atomic E-state index is 12.7. The molecule has 2 heterocycles. The molecule has 0 aliphatic rings. The van der Waals surface area contributed by atoms with Crippen molar-refractivity contribution in [1.29, 1.82) is 0 Å². The molecule has 1 N–H and O–H groups in total. The zero-order chi connectivity index (χ0) is 18.4. The van der Waals surface area contributed by atoms with Crippen LogP contribution in [0.3, 0.4) is 0 Å². The van der Waals surface area contributed by atoms with Gasteiger partial charge < -0.3 is 10.2 Å². The van der Waals surface area contributed by atoms with Crippen LogP contribution in [0.4, 0.5) is 5.69 Å². The number of carbonyl (C=O) groups is 1. The van der Waals surface area contributed by atoms with Crippen LogP contribution < -0.4 is 5.32 Å². The normalized spacial score (nSPS) is 10.9. The number of hydrogen-bond donors (Lipinski definition) is 1. The van der Waals surface area contributed by atoms with Gasteiger partial charge in [-0.15, -0.1) is 0 Å². The summed E-state index contributed by atoms with van der Waals surface area (Å²) in [7, 11) is 4.03. The van der Waals surface area contributed by atoms with Gasteiger partial charge in [-0.05, 0) is 38.4 Å². The van der Waals surface area contributed by atoms with E-state index in [4.69, 9.17) is 0 Å². The second-order valence-corrected chi connectivity index (χ2v) is 7.08. The lowest BCUT2D eigenvalue weighted by molar-refractivity contribution is 0.102. The molecule has 0 atom stereocenters. The van der Waals surface area contributed by atoms with Crippen LogP contribution in [0.15, 0.2) is 71.0 Å². The van der Waals surface area contributed by atoms with Gasteiger partial charge in [0, 0.05) is 23.8 Å². The number of benzene rings is 1. The van der Waals surface area contributed by atoms with Crippen LogP contribution in [0.1, 0.15) is 10.4 Å². The van der Waals surface area contributed by atoms with E-state index in [0.29, 0.717) is 16.3 Å². The van der Waals surface area contributed by atoms with Crippen molar-refractivity contribution in [3.63, 3.8) is 0 Å². The van der Waals surface area contributed by atoms with Gasteiger partial charge in [-0.25, -0.2) is 4.98 Å². The standard InChI is InChI=1S/C19H21N5OS/c1-23(2)11-12-24-14-15(13-21-24)22-18(25)17-9-6-10-20-19(17)26-16-7-4-3-5-8-16/h3-10,13-14H,11-12H2,1-2H3,(H,22,25). The fraction of sp³-hybridized carbons (Fsp3) is 0.211. The van der Waals surface area contributed by atoms with Crippen molar-refractivity contribution in [2.75, 3.05) is 26.0 Å². The third-order valence-corrected chi connectivity index (χ3v) is 4.67. The Morgan fingerprint density at radius 1 is 1.19 bits per heavy atom. The summed E-state index contributed by atoms with van der Waals surface area (Å²) < 4.78 is 1.82. The van der Waals surface area contributed by atoms with Crippen molar-refractivity contribution in [2.45, 2.75) is 16.5 Å².